The van der Waals surface area contributed by atoms with Crippen LogP contribution in [0.25, 0.3) is 0 Å². The maximum atomic E-state index is 13.4. The zero-order valence-electron chi connectivity index (χ0n) is 27.1. The molecular weight excluding hydrogens is 562 g/mol. The molecule has 1 unspecified atom stereocenters. The summed E-state index contributed by atoms with van der Waals surface area (Å²) in [6, 6.07) is 5.90. The lowest BCUT2D eigenvalue weighted by Crippen LogP contribution is -2.60. The van der Waals surface area contributed by atoms with Gasteiger partial charge in [0.15, 0.2) is 6.04 Å². The summed E-state index contributed by atoms with van der Waals surface area (Å²) in [4.78, 5) is 52.9. The Kier molecular flexibility index (Phi) is 17.7. The van der Waals surface area contributed by atoms with Gasteiger partial charge < -0.3 is 30.5 Å². The van der Waals surface area contributed by atoms with Crippen LogP contribution in [0.15, 0.2) is 30.3 Å². The lowest BCUT2D eigenvalue weighted by molar-refractivity contribution is -0.156. The summed E-state index contributed by atoms with van der Waals surface area (Å²) in [5, 5.41) is 18.2. The van der Waals surface area contributed by atoms with Gasteiger partial charge in [-0.05, 0) is 31.2 Å². The molecule has 0 spiro atoms. The SMILES string of the molecule is CCCCCCCCCCCC[C@@H]1CC(=O)N[C@@H](C(C)C)C(=O)N[C@@H](C(C)O)C(=O)N[C@@H](COCc2ccccc2)C(=O)O1. The summed E-state index contributed by atoms with van der Waals surface area (Å²) in [6.45, 7) is 7.16. The number of nitrogens with one attached hydrogen (secondary N) is 3. The Labute approximate surface area is 263 Å². The molecule has 0 aromatic heterocycles. The van der Waals surface area contributed by atoms with E-state index in [0.29, 0.717) is 6.42 Å². The number of hydrogen-bond donors (Lipinski definition) is 4. The van der Waals surface area contributed by atoms with Gasteiger partial charge >= 0.3 is 5.97 Å². The third-order valence-corrected chi connectivity index (χ3v) is 7.90. The molecule has 1 fully saturated rings. The van der Waals surface area contributed by atoms with Crippen LogP contribution in [0, 0.1) is 5.92 Å². The van der Waals surface area contributed by atoms with Crippen LogP contribution in [0.4, 0.5) is 0 Å². The largest absolute Gasteiger partial charge is 0.460 e. The first-order chi connectivity index (χ1) is 21.1. The van der Waals surface area contributed by atoms with Crippen LogP contribution in [0.3, 0.4) is 0 Å². The maximum Gasteiger partial charge on any atom is 0.331 e. The molecule has 2 rings (SSSR count). The fraction of sp³-hybridized carbons (Fsp3) is 0.706. The molecule has 0 radical (unpaired) electrons. The molecule has 1 aliphatic heterocycles. The van der Waals surface area contributed by atoms with Gasteiger partial charge in [-0.3, -0.25) is 14.4 Å². The first-order valence-corrected chi connectivity index (χ1v) is 16.5. The van der Waals surface area contributed by atoms with E-state index in [9.17, 15) is 24.3 Å². The molecule has 4 N–H and O–H groups in total. The van der Waals surface area contributed by atoms with Crippen molar-refractivity contribution in [2.45, 2.75) is 142 Å². The fourth-order valence-electron chi connectivity index (χ4n) is 5.23. The maximum absolute atomic E-state index is 13.4. The number of aliphatic hydroxyl groups excluding tert-OH is 1. The summed E-state index contributed by atoms with van der Waals surface area (Å²) in [5.74, 6) is -2.79. The molecule has 0 aliphatic carbocycles. The number of cyclic esters (lactones) is 1. The summed E-state index contributed by atoms with van der Waals surface area (Å²) < 4.78 is 11.6. The van der Waals surface area contributed by atoms with Gasteiger partial charge in [0.05, 0.1) is 25.7 Å². The summed E-state index contributed by atoms with van der Waals surface area (Å²) in [5.41, 5.74) is 0.890. The molecule has 1 aromatic rings. The lowest BCUT2D eigenvalue weighted by Gasteiger charge is -2.27. The van der Waals surface area contributed by atoms with Crippen LogP contribution in [0.2, 0.25) is 0 Å². The molecule has 0 saturated carbocycles. The van der Waals surface area contributed by atoms with Gasteiger partial charge in [0, 0.05) is 0 Å². The van der Waals surface area contributed by atoms with E-state index >= 15 is 0 Å². The molecule has 10 heteroatoms. The number of unbranched alkanes of at least 4 members (excludes halogenated alkanes) is 9. The van der Waals surface area contributed by atoms with Crippen molar-refractivity contribution < 1.29 is 33.8 Å². The van der Waals surface area contributed by atoms with E-state index in [1.807, 2.05) is 30.3 Å². The second-order valence-electron chi connectivity index (χ2n) is 12.3. The number of carbonyl (C=O) groups excluding carboxylic acids is 4. The Morgan fingerprint density at radius 2 is 1.41 bits per heavy atom. The highest BCUT2D eigenvalue weighted by molar-refractivity contribution is 5.94. The van der Waals surface area contributed by atoms with Gasteiger partial charge in [0.25, 0.3) is 0 Å². The van der Waals surface area contributed by atoms with Crippen molar-refractivity contribution in [3.05, 3.63) is 35.9 Å². The number of aliphatic hydroxyl groups is 1. The highest BCUT2D eigenvalue weighted by atomic mass is 16.5. The molecule has 5 atom stereocenters. The van der Waals surface area contributed by atoms with Crippen molar-refractivity contribution >= 4 is 23.7 Å². The molecule has 44 heavy (non-hydrogen) atoms. The van der Waals surface area contributed by atoms with Crippen molar-refractivity contribution in [3.63, 3.8) is 0 Å². The Morgan fingerprint density at radius 3 is 2.00 bits per heavy atom. The second kappa shape index (κ2) is 20.9. The highest BCUT2D eigenvalue weighted by Gasteiger charge is 2.35. The van der Waals surface area contributed by atoms with Crippen LogP contribution in [-0.2, 0) is 35.3 Å². The van der Waals surface area contributed by atoms with Gasteiger partial charge in [-0.15, -0.1) is 0 Å². The number of rotatable bonds is 17. The molecule has 1 aliphatic rings. The zero-order valence-corrected chi connectivity index (χ0v) is 27.1. The molecule has 1 aromatic carbocycles. The monoisotopic (exact) mass is 617 g/mol. The Morgan fingerprint density at radius 1 is 0.818 bits per heavy atom. The van der Waals surface area contributed by atoms with Gasteiger partial charge in [-0.1, -0.05) is 109 Å². The van der Waals surface area contributed by atoms with E-state index < -0.39 is 54.0 Å². The topological polar surface area (TPSA) is 143 Å². The van der Waals surface area contributed by atoms with E-state index in [1.54, 1.807) is 13.8 Å². The summed E-state index contributed by atoms with van der Waals surface area (Å²) in [6.07, 6.45) is 9.91. The number of hydrogen-bond acceptors (Lipinski definition) is 7. The lowest BCUT2D eigenvalue weighted by atomic mass is 10.0. The van der Waals surface area contributed by atoms with Crippen molar-refractivity contribution in [1.29, 1.82) is 0 Å². The number of ether oxygens (including phenoxy) is 2. The smallest absolute Gasteiger partial charge is 0.331 e. The van der Waals surface area contributed by atoms with Crippen LogP contribution in [0.1, 0.15) is 110 Å². The molecule has 3 amide bonds. The number of esters is 1. The van der Waals surface area contributed by atoms with E-state index in [0.717, 1.165) is 31.2 Å². The molecule has 10 nitrogen and oxygen atoms in total. The molecule has 0 bridgehead atoms. The van der Waals surface area contributed by atoms with E-state index in [2.05, 4.69) is 22.9 Å². The normalized spacial score (nSPS) is 22.6. The minimum atomic E-state index is -1.35. The quantitative estimate of drug-likeness (QED) is 0.151. The Balaban J connectivity index is 2.13. The van der Waals surface area contributed by atoms with E-state index in [1.165, 1.54) is 45.4 Å². The molecule has 1 saturated heterocycles. The predicted molar refractivity (Wildman–Crippen MR) is 169 cm³/mol. The second-order valence-corrected chi connectivity index (χ2v) is 12.3. The van der Waals surface area contributed by atoms with Gasteiger partial charge in [-0.2, -0.15) is 0 Å². The number of carbonyl (C=O) groups is 4. The fourth-order valence-corrected chi connectivity index (χ4v) is 5.23. The van der Waals surface area contributed by atoms with Crippen molar-refractivity contribution in [2.75, 3.05) is 6.61 Å². The summed E-state index contributed by atoms with van der Waals surface area (Å²) >= 11 is 0. The van der Waals surface area contributed by atoms with Crippen LogP contribution >= 0.6 is 0 Å². The highest BCUT2D eigenvalue weighted by Crippen LogP contribution is 2.17. The van der Waals surface area contributed by atoms with Gasteiger partial charge in [-0.25, -0.2) is 4.79 Å². The average Bonchev–Trinajstić information content (AvgIpc) is 2.99. The van der Waals surface area contributed by atoms with Gasteiger partial charge in [0.2, 0.25) is 17.7 Å². The van der Waals surface area contributed by atoms with Crippen molar-refractivity contribution in [2.24, 2.45) is 5.92 Å². The first kappa shape index (κ1) is 37.2. The van der Waals surface area contributed by atoms with Gasteiger partial charge in [0.1, 0.15) is 18.2 Å². The molecule has 1 heterocycles. The Hall–Kier alpha value is -2.98. The number of amides is 3. The minimum Gasteiger partial charge on any atom is -0.460 e. The molecule has 248 valence electrons. The van der Waals surface area contributed by atoms with Crippen LogP contribution in [0.5, 0.6) is 0 Å². The van der Waals surface area contributed by atoms with Crippen LogP contribution < -0.4 is 16.0 Å². The first-order valence-electron chi connectivity index (χ1n) is 16.5. The van der Waals surface area contributed by atoms with E-state index in [-0.39, 0.29) is 25.6 Å². The van der Waals surface area contributed by atoms with Crippen LogP contribution in [-0.4, -0.2) is 65.7 Å². The predicted octanol–water partition coefficient (Wildman–Crippen LogP) is 4.32. The standard InChI is InChI=1S/C34H55N3O7/c1-5-6-7-8-9-10-11-12-13-17-20-27-21-29(39)36-30(24(2)3)32(40)37-31(25(4)38)33(41)35-28(34(42)44-27)23-43-22-26-18-15-14-16-19-26/h14-16,18-19,24-25,27-28,30-31,38H,5-13,17,20-23H2,1-4H3,(H,35,41)(H,36,39)(H,37,40)/t25?,27-,28+,30+,31+/m1/s1. The molecular formula is C34H55N3O7. The third kappa shape index (κ3) is 14.2. The Bertz CT molecular complexity index is 1000. The zero-order chi connectivity index (χ0) is 32.3. The van der Waals surface area contributed by atoms with Crippen molar-refractivity contribution in [1.82, 2.24) is 16.0 Å². The van der Waals surface area contributed by atoms with E-state index in [4.69, 9.17) is 9.47 Å². The van der Waals surface area contributed by atoms with Crippen molar-refractivity contribution in [3.8, 4) is 0 Å². The minimum absolute atomic E-state index is 0.106. The summed E-state index contributed by atoms with van der Waals surface area (Å²) in [7, 11) is 0. The number of benzene rings is 1. The average molecular weight is 618 g/mol. The third-order valence-electron chi connectivity index (χ3n) is 7.90.